The first-order valence-corrected chi connectivity index (χ1v) is 12.9. The van der Waals surface area contributed by atoms with Crippen LogP contribution in [0, 0.1) is 11.8 Å². The van der Waals surface area contributed by atoms with Gasteiger partial charge < -0.3 is 20.7 Å². The highest BCUT2D eigenvalue weighted by Crippen LogP contribution is 2.31. The van der Waals surface area contributed by atoms with Gasteiger partial charge in [0, 0.05) is 33.0 Å². The molecule has 0 aromatic carbocycles. The molecule has 2 aromatic rings. The molecule has 13 heteroatoms. The van der Waals surface area contributed by atoms with Gasteiger partial charge >= 0.3 is 6.18 Å². The molecular weight excluding hydrogens is 517 g/mol. The third kappa shape index (κ3) is 9.05. The van der Waals surface area contributed by atoms with Gasteiger partial charge in [0.05, 0.1) is 19.1 Å². The average Bonchev–Trinajstić information content (AvgIpc) is 3.32. The van der Waals surface area contributed by atoms with Crippen LogP contribution in [0.4, 0.5) is 19.0 Å². The van der Waals surface area contributed by atoms with Crippen molar-refractivity contribution in [3.63, 3.8) is 0 Å². The summed E-state index contributed by atoms with van der Waals surface area (Å²) in [4.78, 5) is 42.7. The number of halogens is 3. The van der Waals surface area contributed by atoms with Crippen LogP contribution in [0.3, 0.4) is 0 Å². The third-order valence-electron chi connectivity index (χ3n) is 6.90. The number of pyridine rings is 1. The monoisotopic (exact) mass is 552 g/mol. The molecule has 1 unspecified atom stereocenters. The summed E-state index contributed by atoms with van der Waals surface area (Å²) >= 11 is 0. The SMILES string of the molecule is COCC(NC(=O)CCC(F)(F)F)c1ccnc(NC(=O)[C@@H](NC(=O)c2ccnn2C)C2CCC(C)CC2)c1. The lowest BCUT2D eigenvalue weighted by Gasteiger charge is -2.32. The molecule has 39 heavy (non-hydrogen) atoms. The highest BCUT2D eigenvalue weighted by Gasteiger charge is 2.33. The van der Waals surface area contributed by atoms with E-state index in [9.17, 15) is 27.6 Å². The van der Waals surface area contributed by atoms with Crippen molar-refractivity contribution in [1.29, 1.82) is 0 Å². The van der Waals surface area contributed by atoms with Gasteiger partial charge in [-0.05, 0) is 48.4 Å². The summed E-state index contributed by atoms with van der Waals surface area (Å²) in [5, 5.41) is 12.2. The summed E-state index contributed by atoms with van der Waals surface area (Å²) in [6, 6.07) is 3.09. The second-order valence-corrected chi connectivity index (χ2v) is 9.97. The fourth-order valence-corrected chi connectivity index (χ4v) is 4.67. The van der Waals surface area contributed by atoms with Gasteiger partial charge in [0.15, 0.2) is 0 Å². The molecule has 2 atom stereocenters. The minimum atomic E-state index is -4.44. The predicted octanol–water partition coefficient (Wildman–Crippen LogP) is 3.52. The Hall–Kier alpha value is -3.48. The Morgan fingerprint density at radius 3 is 2.46 bits per heavy atom. The second-order valence-electron chi connectivity index (χ2n) is 9.97. The number of nitrogens with zero attached hydrogens (tertiary/aromatic N) is 3. The fourth-order valence-electron chi connectivity index (χ4n) is 4.67. The van der Waals surface area contributed by atoms with Crippen LogP contribution in [0.5, 0.6) is 0 Å². The summed E-state index contributed by atoms with van der Waals surface area (Å²) in [6.07, 6.45) is -0.0374. The van der Waals surface area contributed by atoms with Crippen LogP contribution in [0.15, 0.2) is 30.6 Å². The molecule has 1 fully saturated rings. The van der Waals surface area contributed by atoms with Gasteiger partial charge in [0.2, 0.25) is 11.8 Å². The van der Waals surface area contributed by atoms with Crippen LogP contribution in [-0.4, -0.2) is 58.4 Å². The van der Waals surface area contributed by atoms with Gasteiger partial charge in [-0.1, -0.05) is 19.8 Å². The zero-order chi connectivity index (χ0) is 28.6. The Morgan fingerprint density at radius 1 is 1.13 bits per heavy atom. The van der Waals surface area contributed by atoms with Crippen LogP contribution >= 0.6 is 0 Å². The molecule has 3 N–H and O–H groups in total. The van der Waals surface area contributed by atoms with E-state index in [2.05, 4.69) is 33.0 Å². The van der Waals surface area contributed by atoms with E-state index in [0.717, 1.165) is 25.7 Å². The maximum atomic E-state index is 13.5. The standard InChI is InChI=1S/C26H35F3N6O4/c1-16-4-6-17(7-5-16)23(34-24(37)20-10-13-31-35(20)2)25(38)33-21-14-18(9-12-30-21)19(15-39-3)32-22(36)8-11-26(27,28)29/h9-10,12-14,16-17,19,23H,4-8,11,15H2,1-3H3,(H,32,36)(H,34,37)(H,30,33,38)/t16?,17?,19?,23-/m0/s1. The van der Waals surface area contributed by atoms with Crippen LogP contribution in [0.25, 0.3) is 0 Å². The molecule has 0 radical (unpaired) electrons. The third-order valence-corrected chi connectivity index (χ3v) is 6.90. The number of aromatic nitrogens is 3. The van der Waals surface area contributed by atoms with Gasteiger partial charge in [-0.15, -0.1) is 0 Å². The number of hydrogen-bond donors (Lipinski definition) is 3. The average molecular weight is 553 g/mol. The molecule has 0 aliphatic heterocycles. The second kappa shape index (κ2) is 13.5. The van der Waals surface area contributed by atoms with E-state index in [0.29, 0.717) is 17.2 Å². The Bertz CT molecular complexity index is 1130. The van der Waals surface area contributed by atoms with E-state index < -0.39 is 48.8 Å². The Labute approximate surface area is 225 Å². The first-order chi connectivity index (χ1) is 18.5. The van der Waals surface area contributed by atoms with E-state index in [1.807, 2.05) is 0 Å². The molecule has 0 saturated heterocycles. The van der Waals surface area contributed by atoms with Crippen molar-refractivity contribution in [3.05, 3.63) is 41.9 Å². The summed E-state index contributed by atoms with van der Waals surface area (Å²) < 4.78 is 44.1. The number of hydrogen-bond acceptors (Lipinski definition) is 6. The lowest BCUT2D eigenvalue weighted by Crippen LogP contribution is -2.49. The van der Waals surface area contributed by atoms with E-state index >= 15 is 0 Å². The molecule has 10 nitrogen and oxygen atoms in total. The normalized spacial score (nSPS) is 19.1. The molecule has 0 spiro atoms. The van der Waals surface area contributed by atoms with Crippen molar-refractivity contribution < 1.29 is 32.3 Å². The smallest absolute Gasteiger partial charge is 0.382 e. The van der Waals surface area contributed by atoms with Crippen molar-refractivity contribution in [2.75, 3.05) is 19.0 Å². The highest BCUT2D eigenvalue weighted by atomic mass is 19.4. The summed E-state index contributed by atoms with van der Waals surface area (Å²) in [7, 11) is 3.04. The Kier molecular flexibility index (Phi) is 10.4. The summed E-state index contributed by atoms with van der Waals surface area (Å²) in [5.41, 5.74) is 0.810. The van der Waals surface area contributed by atoms with Crippen molar-refractivity contribution in [1.82, 2.24) is 25.4 Å². The molecular formula is C26H35F3N6O4. The predicted molar refractivity (Wildman–Crippen MR) is 136 cm³/mol. The lowest BCUT2D eigenvalue weighted by molar-refractivity contribution is -0.144. The molecule has 3 rings (SSSR count). The number of rotatable bonds is 11. The molecule has 0 bridgehead atoms. The number of methoxy groups -OCH3 is 1. The van der Waals surface area contributed by atoms with Gasteiger partial charge in [0.25, 0.3) is 5.91 Å². The fraction of sp³-hybridized carbons (Fsp3) is 0.577. The minimum absolute atomic E-state index is 0.00119. The van der Waals surface area contributed by atoms with E-state index in [-0.39, 0.29) is 18.3 Å². The van der Waals surface area contributed by atoms with E-state index in [1.165, 1.54) is 30.3 Å². The quantitative estimate of drug-likeness (QED) is 0.392. The number of carbonyl (C=O) groups is 3. The number of amides is 3. The number of alkyl halides is 3. The first kappa shape index (κ1) is 30.1. The number of ether oxygens (including phenoxy) is 1. The van der Waals surface area contributed by atoms with Crippen molar-refractivity contribution in [2.45, 2.75) is 63.7 Å². The Morgan fingerprint density at radius 2 is 1.85 bits per heavy atom. The van der Waals surface area contributed by atoms with Crippen LogP contribution in [0.1, 0.15) is 67.5 Å². The molecule has 2 heterocycles. The van der Waals surface area contributed by atoms with E-state index in [4.69, 9.17) is 4.74 Å². The maximum Gasteiger partial charge on any atom is 0.389 e. The Balaban J connectivity index is 1.74. The van der Waals surface area contributed by atoms with E-state index in [1.54, 1.807) is 19.2 Å². The maximum absolute atomic E-state index is 13.5. The van der Waals surface area contributed by atoms with Crippen molar-refractivity contribution in [2.24, 2.45) is 18.9 Å². The number of carbonyl (C=O) groups excluding carboxylic acids is 3. The van der Waals surface area contributed by atoms with Crippen LogP contribution in [-0.2, 0) is 21.4 Å². The molecule has 1 saturated carbocycles. The van der Waals surface area contributed by atoms with Crippen LogP contribution < -0.4 is 16.0 Å². The minimum Gasteiger partial charge on any atom is -0.382 e. The lowest BCUT2D eigenvalue weighted by atomic mass is 9.79. The van der Waals surface area contributed by atoms with Gasteiger partial charge in [-0.25, -0.2) is 4.98 Å². The molecule has 2 aromatic heterocycles. The largest absolute Gasteiger partial charge is 0.389 e. The molecule has 1 aliphatic rings. The van der Waals surface area contributed by atoms with Gasteiger partial charge in [-0.2, -0.15) is 18.3 Å². The zero-order valence-corrected chi connectivity index (χ0v) is 22.3. The van der Waals surface area contributed by atoms with Crippen molar-refractivity contribution in [3.8, 4) is 0 Å². The number of aryl methyl sites for hydroxylation is 1. The van der Waals surface area contributed by atoms with Gasteiger partial charge in [0.1, 0.15) is 17.6 Å². The molecule has 3 amide bonds. The summed E-state index contributed by atoms with van der Waals surface area (Å²) in [6.45, 7) is 2.16. The highest BCUT2D eigenvalue weighted by molar-refractivity contribution is 6.00. The van der Waals surface area contributed by atoms with Gasteiger partial charge in [-0.3, -0.25) is 19.1 Å². The number of nitrogens with one attached hydrogen (secondary N) is 3. The zero-order valence-electron chi connectivity index (χ0n) is 22.3. The molecule has 214 valence electrons. The van der Waals surface area contributed by atoms with Crippen molar-refractivity contribution >= 4 is 23.5 Å². The molecule has 1 aliphatic carbocycles. The van der Waals surface area contributed by atoms with Crippen LogP contribution in [0.2, 0.25) is 0 Å². The first-order valence-electron chi connectivity index (χ1n) is 12.9. The topological polar surface area (TPSA) is 127 Å². The summed E-state index contributed by atoms with van der Waals surface area (Å²) in [5.74, 6) is -0.992. The number of anilines is 1.